The lowest BCUT2D eigenvalue weighted by Crippen LogP contribution is -2.10. The highest BCUT2D eigenvalue weighted by atomic mass is 16.5. The number of carboxylic acid groups (broad SMARTS) is 1. The molecule has 0 fully saturated rings. The number of benzene rings is 1. The van der Waals surface area contributed by atoms with Crippen LogP contribution in [-0.4, -0.2) is 16.2 Å². The fraction of sp³-hybridized carbons (Fsp3) is 0.231. The van der Waals surface area contributed by atoms with Gasteiger partial charge in [0.05, 0.1) is 0 Å². The fourth-order valence-electron chi connectivity index (χ4n) is 2.43. The van der Waals surface area contributed by atoms with Gasteiger partial charge in [0, 0.05) is 11.1 Å². The predicted octanol–water partition coefficient (Wildman–Crippen LogP) is 2.70. The van der Waals surface area contributed by atoms with E-state index in [1.165, 1.54) is 5.56 Å². The Kier molecular flexibility index (Phi) is 2.04. The quantitative estimate of drug-likeness (QED) is 0.816. The van der Waals surface area contributed by atoms with Gasteiger partial charge in [0.25, 0.3) is 0 Å². The van der Waals surface area contributed by atoms with E-state index in [0.717, 1.165) is 5.56 Å². The molecule has 1 unspecified atom stereocenters. The molecule has 17 heavy (non-hydrogen) atoms. The predicted molar refractivity (Wildman–Crippen MR) is 61.0 cm³/mol. The standard InChI is InChI=1S/C13H11NO3/c1-7-6-10-11(13(15)16)14-17-12(10)9-5-3-2-4-8(7)9/h2-5,7H,6H2,1H3,(H,15,16). The zero-order valence-electron chi connectivity index (χ0n) is 9.30. The summed E-state index contributed by atoms with van der Waals surface area (Å²) in [5.41, 5.74) is 2.90. The number of carboxylic acids is 1. The number of hydrogen-bond donors (Lipinski definition) is 1. The minimum absolute atomic E-state index is 0.0429. The molecule has 0 saturated carbocycles. The topological polar surface area (TPSA) is 63.3 Å². The minimum Gasteiger partial charge on any atom is -0.476 e. The van der Waals surface area contributed by atoms with Gasteiger partial charge in [-0.05, 0) is 17.9 Å². The Labute approximate surface area is 97.9 Å². The van der Waals surface area contributed by atoms with Gasteiger partial charge in [0.1, 0.15) is 0 Å². The van der Waals surface area contributed by atoms with Crippen LogP contribution in [0.4, 0.5) is 0 Å². The molecule has 2 aromatic rings. The van der Waals surface area contributed by atoms with E-state index in [4.69, 9.17) is 9.63 Å². The van der Waals surface area contributed by atoms with E-state index in [0.29, 0.717) is 17.7 Å². The highest BCUT2D eigenvalue weighted by molar-refractivity contribution is 5.90. The van der Waals surface area contributed by atoms with Gasteiger partial charge in [-0.15, -0.1) is 0 Å². The average Bonchev–Trinajstić information content (AvgIpc) is 2.73. The maximum Gasteiger partial charge on any atom is 0.358 e. The average molecular weight is 229 g/mol. The smallest absolute Gasteiger partial charge is 0.358 e. The Hall–Kier alpha value is -2.10. The van der Waals surface area contributed by atoms with Gasteiger partial charge >= 0.3 is 5.97 Å². The summed E-state index contributed by atoms with van der Waals surface area (Å²) in [5, 5.41) is 12.7. The molecule has 1 aliphatic carbocycles. The summed E-state index contributed by atoms with van der Waals surface area (Å²) >= 11 is 0. The molecule has 1 aromatic heterocycles. The third kappa shape index (κ3) is 1.37. The second-order valence-corrected chi connectivity index (χ2v) is 4.34. The summed E-state index contributed by atoms with van der Waals surface area (Å²) < 4.78 is 5.19. The minimum atomic E-state index is -1.03. The van der Waals surface area contributed by atoms with Crippen LogP contribution in [0.1, 0.15) is 34.5 Å². The molecule has 1 N–H and O–H groups in total. The van der Waals surface area contributed by atoms with Crippen molar-refractivity contribution in [2.24, 2.45) is 0 Å². The fourth-order valence-corrected chi connectivity index (χ4v) is 2.43. The van der Waals surface area contributed by atoms with E-state index in [1.807, 2.05) is 24.3 Å². The zero-order valence-corrected chi connectivity index (χ0v) is 9.30. The molecule has 1 aliphatic rings. The molecule has 0 amide bonds. The van der Waals surface area contributed by atoms with Crippen LogP contribution in [0.15, 0.2) is 28.8 Å². The molecule has 0 radical (unpaired) electrons. The van der Waals surface area contributed by atoms with Crippen LogP contribution in [0, 0.1) is 0 Å². The van der Waals surface area contributed by atoms with Gasteiger partial charge in [-0.2, -0.15) is 0 Å². The van der Waals surface area contributed by atoms with E-state index >= 15 is 0 Å². The van der Waals surface area contributed by atoms with Crippen LogP contribution < -0.4 is 0 Å². The van der Waals surface area contributed by atoms with Crippen LogP contribution >= 0.6 is 0 Å². The van der Waals surface area contributed by atoms with E-state index < -0.39 is 5.97 Å². The molecule has 0 saturated heterocycles. The molecule has 1 heterocycles. The van der Waals surface area contributed by atoms with Gasteiger partial charge < -0.3 is 9.63 Å². The Balaban J connectivity index is 2.26. The normalized spacial score (nSPS) is 17.4. The highest BCUT2D eigenvalue weighted by Crippen LogP contribution is 2.40. The maximum atomic E-state index is 11.0. The van der Waals surface area contributed by atoms with Crippen molar-refractivity contribution in [2.75, 3.05) is 0 Å². The van der Waals surface area contributed by atoms with Gasteiger partial charge in [0.2, 0.25) is 0 Å². The van der Waals surface area contributed by atoms with Crippen LogP contribution in [-0.2, 0) is 6.42 Å². The Morgan fingerprint density at radius 1 is 1.47 bits per heavy atom. The Morgan fingerprint density at radius 3 is 3.00 bits per heavy atom. The van der Waals surface area contributed by atoms with E-state index in [1.54, 1.807) is 0 Å². The summed E-state index contributed by atoms with van der Waals surface area (Å²) in [6, 6.07) is 7.89. The molecule has 86 valence electrons. The van der Waals surface area contributed by atoms with Crippen molar-refractivity contribution in [3.8, 4) is 11.3 Å². The van der Waals surface area contributed by atoms with Crippen molar-refractivity contribution in [3.05, 3.63) is 41.1 Å². The van der Waals surface area contributed by atoms with Crippen molar-refractivity contribution in [2.45, 2.75) is 19.3 Å². The lowest BCUT2D eigenvalue weighted by atomic mass is 9.82. The maximum absolute atomic E-state index is 11.0. The van der Waals surface area contributed by atoms with Crippen molar-refractivity contribution >= 4 is 5.97 Å². The van der Waals surface area contributed by atoms with Gasteiger partial charge in [0.15, 0.2) is 11.5 Å². The third-order valence-electron chi connectivity index (χ3n) is 3.24. The Bertz CT molecular complexity index is 600. The van der Waals surface area contributed by atoms with E-state index in [2.05, 4.69) is 12.1 Å². The number of aromatic carboxylic acids is 1. The summed E-state index contributed by atoms with van der Waals surface area (Å²) in [5.74, 6) is -0.131. The first kappa shape index (κ1) is 10.1. The molecule has 1 atom stereocenters. The molecule has 0 bridgehead atoms. The molecule has 4 nitrogen and oxygen atoms in total. The first-order valence-electron chi connectivity index (χ1n) is 5.49. The van der Waals surface area contributed by atoms with E-state index in [9.17, 15) is 4.79 Å². The first-order chi connectivity index (χ1) is 8.18. The lowest BCUT2D eigenvalue weighted by Gasteiger charge is -2.20. The summed E-state index contributed by atoms with van der Waals surface area (Å²) in [4.78, 5) is 11.0. The zero-order chi connectivity index (χ0) is 12.0. The number of rotatable bonds is 1. The van der Waals surface area contributed by atoms with Crippen LogP contribution in [0.2, 0.25) is 0 Å². The molecule has 0 aliphatic heterocycles. The monoisotopic (exact) mass is 229 g/mol. The van der Waals surface area contributed by atoms with E-state index in [-0.39, 0.29) is 11.6 Å². The number of hydrogen-bond acceptors (Lipinski definition) is 3. The van der Waals surface area contributed by atoms with Crippen molar-refractivity contribution in [1.82, 2.24) is 5.16 Å². The second-order valence-electron chi connectivity index (χ2n) is 4.34. The number of fused-ring (bicyclic) bond motifs is 3. The molecule has 0 spiro atoms. The van der Waals surface area contributed by atoms with Crippen LogP contribution in [0.25, 0.3) is 11.3 Å². The van der Waals surface area contributed by atoms with Crippen molar-refractivity contribution in [3.63, 3.8) is 0 Å². The summed E-state index contributed by atoms with van der Waals surface area (Å²) in [7, 11) is 0. The highest BCUT2D eigenvalue weighted by Gasteiger charge is 2.30. The SMILES string of the molecule is CC1Cc2c(C(=O)O)noc2-c2ccccc21. The van der Waals surface area contributed by atoms with Gasteiger partial charge in [-0.1, -0.05) is 36.3 Å². The number of carbonyl (C=O) groups is 1. The molecule has 1 aromatic carbocycles. The Morgan fingerprint density at radius 2 is 2.24 bits per heavy atom. The van der Waals surface area contributed by atoms with Crippen LogP contribution in [0.5, 0.6) is 0 Å². The van der Waals surface area contributed by atoms with Gasteiger partial charge in [-0.25, -0.2) is 4.79 Å². The largest absolute Gasteiger partial charge is 0.476 e. The van der Waals surface area contributed by atoms with Crippen LogP contribution in [0.3, 0.4) is 0 Å². The third-order valence-corrected chi connectivity index (χ3v) is 3.24. The molecular formula is C13H11NO3. The summed E-state index contributed by atoms with van der Waals surface area (Å²) in [6.45, 7) is 2.08. The van der Waals surface area contributed by atoms with Gasteiger partial charge in [-0.3, -0.25) is 0 Å². The second kappa shape index (κ2) is 3.45. The van der Waals surface area contributed by atoms with Crippen molar-refractivity contribution in [1.29, 1.82) is 0 Å². The lowest BCUT2D eigenvalue weighted by molar-refractivity contribution is 0.0684. The molecule has 4 heteroatoms. The van der Waals surface area contributed by atoms with Crippen molar-refractivity contribution < 1.29 is 14.4 Å². The molecular weight excluding hydrogens is 218 g/mol. The summed E-state index contributed by atoms with van der Waals surface area (Å²) in [6.07, 6.45) is 0.664. The molecule has 3 rings (SSSR count). The number of aromatic nitrogens is 1. The number of nitrogens with zero attached hydrogens (tertiary/aromatic N) is 1. The first-order valence-corrected chi connectivity index (χ1v) is 5.49.